The van der Waals surface area contributed by atoms with Crippen LogP contribution in [-0.2, 0) is 10.9 Å². The van der Waals surface area contributed by atoms with Gasteiger partial charge in [-0.2, -0.15) is 18.2 Å². The molecule has 30 heavy (non-hydrogen) atoms. The monoisotopic (exact) mass is 420 g/mol. The van der Waals surface area contributed by atoms with Crippen LogP contribution in [0, 0.1) is 5.82 Å². The van der Waals surface area contributed by atoms with Crippen molar-refractivity contribution in [2.75, 3.05) is 31.2 Å². The Morgan fingerprint density at radius 2 is 1.83 bits per heavy atom. The first-order chi connectivity index (χ1) is 14.4. The molecule has 0 radical (unpaired) electrons. The maximum Gasteiger partial charge on any atom is 0.416 e. The van der Waals surface area contributed by atoms with Crippen molar-refractivity contribution in [1.29, 1.82) is 0 Å². The van der Waals surface area contributed by atoms with Gasteiger partial charge in [-0.15, -0.1) is 0 Å². The second-order valence-corrected chi connectivity index (χ2v) is 6.48. The zero-order valence-electron chi connectivity index (χ0n) is 15.6. The van der Waals surface area contributed by atoms with Crippen LogP contribution in [-0.4, -0.2) is 41.3 Å². The predicted octanol–water partition coefficient (Wildman–Crippen LogP) is 4.33. The van der Waals surface area contributed by atoms with Gasteiger partial charge in [0.05, 0.1) is 25.0 Å². The maximum absolute atomic E-state index is 14.5. The third-order valence-electron chi connectivity index (χ3n) is 4.45. The number of hydrogen-bond acceptors (Lipinski definition) is 6. The number of halogens is 4. The highest BCUT2D eigenvalue weighted by Gasteiger charge is 2.32. The molecular weight excluding hydrogens is 404 g/mol. The zero-order valence-corrected chi connectivity index (χ0v) is 15.6. The van der Waals surface area contributed by atoms with Crippen molar-refractivity contribution in [2.24, 2.45) is 0 Å². The molecule has 0 unspecified atom stereocenters. The number of alkyl halides is 3. The highest BCUT2D eigenvalue weighted by molar-refractivity contribution is 5.68. The summed E-state index contributed by atoms with van der Waals surface area (Å²) in [6.07, 6.45) is -2.26. The van der Waals surface area contributed by atoms with Crippen molar-refractivity contribution >= 4 is 5.69 Å². The fourth-order valence-electron chi connectivity index (χ4n) is 3.02. The highest BCUT2D eigenvalue weighted by Crippen LogP contribution is 2.36. The largest absolute Gasteiger partial charge is 0.416 e. The van der Waals surface area contributed by atoms with Crippen molar-refractivity contribution in [1.82, 2.24) is 15.0 Å². The average molecular weight is 420 g/mol. The first-order valence-electron chi connectivity index (χ1n) is 9.07. The molecule has 6 nitrogen and oxygen atoms in total. The Bertz CT molecular complexity index is 1030. The summed E-state index contributed by atoms with van der Waals surface area (Å²) in [5.74, 6) is -0.691. The van der Waals surface area contributed by atoms with Gasteiger partial charge in [0, 0.05) is 36.6 Å². The third kappa shape index (κ3) is 4.48. The van der Waals surface area contributed by atoms with E-state index in [4.69, 9.17) is 9.47 Å². The number of nitrogens with zero attached hydrogens (tertiary/aromatic N) is 4. The van der Waals surface area contributed by atoms with Gasteiger partial charge in [-0.05, 0) is 24.3 Å². The van der Waals surface area contributed by atoms with Crippen LogP contribution in [0.2, 0.25) is 0 Å². The lowest BCUT2D eigenvalue weighted by atomic mass is 10.0. The molecule has 3 aromatic rings. The van der Waals surface area contributed by atoms with Gasteiger partial charge in [0.25, 0.3) is 0 Å². The molecule has 3 heterocycles. The van der Waals surface area contributed by atoms with Crippen molar-refractivity contribution in [3.05, 3.63) is 60.2 Å². The molecule has 0 aliphatic carbocycles. The first kappa shape index (κ1) is 20.0. The molecule has 10 heteroatoms. The molecular formula is C20H16F4N4O2. The summed E-state index contributed by atoms with van der Waals surface area (Å²) < 4.78 is 65.6. The van der Waals surface area contributed by atoms with Gasteiger partial charge >= 0.3 is 12.2 Å². The number of ether oxygens (including phenoxy) is 2. The molecule has 0 bridgehead atoms. The standard InChI is InChI=1S/C20H16F4N4O2/c21-16-12-26-19(30-17-3-1-2-4-25-17)27-18(16)13-9-14(20(22,23)24)11-15(10-13)28-5-7-29-8-6-28/h1-4,9-12H,5-8H2. The first-order valence-corrected chi connectivity index (χ1v) is 9.07. The quantitative estimate of drug-likeness (QED) is 0.586. The van der Waals surface area contributed by atoms with Crippen LogP contribution in [0.3, 0.4) is 0 Å². The van der Waals surface area contributed by atoms with Crippen LogP contribution in [0.1, 0.15) is 5.56 Å². The minimum absolute atomic E-state index is 0.0305. The van der Waals surface area contributed by atoms with Crippen LogP contribution in [0.4, 0.5) is 23.2 Å². The summed E-state index contributed by atoms with van der Waals surface area (Å²) >= 11 is 0. The Morgan fingerprint density at radius 3 is 2.53 bits per heavy atom. The Hall–Kier alpha value is -3.27. The molecule has 0 saturated carbocycles. The molecule has 2 aromatic heterocycles. The normalized spacial score (nSPS) is 14.6. The van der Waals surface area contributed by atoms with Crippen LogP contribution in [0.25, 0.3) is 11.3 Å². The van der Waals surface area contributed by atoms with Gasteiger partial charge in [-0.25, -0.2) is 14.4 Å². The molecule has 4 rings (SSSR count). The predicted molar refractivity (Wildman–Crippen MR) is 99.8 cm³/mol. The van der Waals surface area contributed by atoms with Gasteiger partial charge in [-0.3, -0.25) is 0 Å². The van der Waals surface area contributed by atoms with Crippen LogP contribution < -0.4 is 9.64 Å². The number of aromatic nitrogens is 3. The lowest BCUT2D eigenvalue weighted by molar-refractivity contribution is -0.137. The fourth-order valence-corrected chi connectivity index (χ4v) is 3.02. The molecule has 1 fully saturated rings. The number of morpholine rings is 1. The summed E-state index contributed by atoms with van der Waals surface area (Å²) in [7, 11) is 0. The Kier molecular flexibility index (Phi) is 5.49. The Balaban J connectivity index is 1.75. The molecule has 0 spiro atoms. The van der Waals surface area contributed by atoms with Gasteiger partial charge < -0.3 is 14.4 Å². The lowest BCUT2D eigenvalue weighted by Gasteiger charge is -2.29. The topological polar surface area (TPSA) is 60.4 Å². The number of benzene rings is 1. The Labute approximate surface area is 169 Å². The highest BCUT2D eigenvalue weighted by atomic mass is 19.4. The minimum Gasteiger partial charge on any atom is -0.405 e. The van der Waals surface area contributed by atoms with E-state index in [9.17, 15) is 17.6 Å². The molecule has 0 N–H and O–H groups in total. The molecule has 156 valence electrons. The van der Waals surface area contributed by atoms with Crippen LogP contribution >= 0.6 is 0 Å². The SMILES string of the molecule is Fc1cnc(Oc2ccccn2)nc1-c1cc(N2CCOCC2)cc(C(F)(F)F)c1. The lowest BCUT2D eigenvalue weighted by Crippen LogP contribution is -2.36. The van der Waals surface area contributed by atoms with E-state index in [0.29, 0.717) is 32.0 Å². The van der Waals surface area contributed by atoms with E-state index in [1.165, 1.54) is 12.3 Å². The van der Waals surface area contributed by atoms with Gasteiger partial charge in [-0.1, -0.05) is 6.07 Å². The second-order valence-electron chi connectivity index (χ2n) is 6.48. The number of rotatable bonds is 4. The number of hydrogen-bond donors (Lipinski definition) is 0. The van der Waals surface area contributed by atoms with Gasteiger partial charge in [0.2, 0.25) is 5.88 Å². The molecule has 1 aromatic carbocycles. The van der Waals surface area contributed by atoms with Crippen LogP contribution in [0.15, 0.2) is 48.8 Å². The Morgan fingerprint density at radius 1 is 1.03 bits per heavy atom. The zero-order chi connectivity index (χ0) is 21.1. The molecule has 1 aliphatic heterocycles. The number of anilines is 1. The van der Waals surface area contributed by atoms with Crippen molar-refractivity contribution < 1.29 is 27.0 Å². The van der Waals surface area contributed by atoms with Crippen molar-refractivity contribution in [3.63, 3.8) is 0 Å². The van der Waals surface area contributed by atoms with Crippen molar-refractivity contribution in [2.45, 2.75) is 6.18 Å². The molecule has 0 atom stereocenters. The smallest absolute Gasteiger partial charge is 0.405 e. The van der Waals surface area contributed by atoms with E-state index in [-0.39, 0.29) is 23.1 Å². The van der Waals surface area contributed by atoms with Gasteiger partial charge in [0.15, 0.2) is 5.82 Å². The minimum atomic E-state index is -4.60. The maximum atomic E-state index is 14.5. The van der Waals surface area contributed by atoms with E-state index in [2.05, 4.69) is 15.0 Å². The molecule has 1 saturated heterocycles. The van der Waals surface area contributed by atoms with Crippen molar-refractivity contribution in [3.8, 4) is 23.1 Å². The summed E-state index contributed by atoms with van der Waals surface area (Å²) in [5.41, 5.74) is -0.909. The van der Waals surface area contributed by atoms with E-state index in [1.54, 1.807) is 23.1 Å². The summed E-state index contributed by atoms with van der Waals surface area (Å²) in [4.78, 5) is 13.4. The summed E-state index contributed by atoms with van der Waals surface area (Å²) in [6, 6.07) is 8.05. The molecule has 1 aliphatic rings. The number of pyridine rings is 1. The summed E-state index contributed by atoms with van der Waals surface area (Å²) in [6.45, 7) is 1.66. The van der Waals surface area contributed by atoms with E-state index in [1.807, 2.05) is 0 Å². The van der Waals surface area contributed by atoms with E-state index in [0.717, 1.165) is 18.3 Å². The summed E-state index contributed by atoms with van der Waals surface area (Å²) in [5, 5.41) is 0. The van der Waals surface area contributed by atoms with Crippen LogP contribution in [0.5, 0.6) is 11.9 Å². The van der Waals surface area contributed by atoms with E-state index < -0.39 is 17.6 Å². The van der Waals surface area contributed by atoms with E-state index >= 15 is 0 Å². The fraction of sp³-hybridized carbons (Fsp3) is 0.250. The second kappa shape index (κ2) is 8.23. The molecule has 0 amide bonds. The van der Waals surface area contributed by atoms with Gasteiger partial charge in [0.1, 0.15) is 5.69 Å². The average Bonchev–Trinajstić information content (AvgIpc) is 2.75. The third-order valence-corrected chi connectivity index (χ3v) is 4.45.